The number of rotatable bonds is 5. The van der Waals surface area contributed by atoms with Crippen molar-refractivity contribution in [3.8, 4) is 27.6 Å². The smallest absolute Gasteiger partial charge is 0.256 e. The summed E-state index contributed by atoms with van der Waals surface area (Å²) in [5, 5.41) is 19.5. The van der Waals surface area contributed by atoms with E-state index in [0.29, 0.717) is 37.7 Å². The second kappa shape index (κ2) is 10.5. The summed E-state index contributed by atoms with van der Waals surface area (Å²) in [6, 6.07) is 13.2. The molecule has 0 saturated heterocycles. The van der Waals surface area contributed by atoms with Gasteiger partial charge in [0.05, 0.1) is 22.0 Å². The molecule has 2 heterocycles. The number of aromatic nitrogens is 4. The average molecular weight is 619 g/mol. The molecule has 1 fully saturated rings. The molecule has 0 atom stereocenters. The predicted octanol–water partition coefficient (Wildman–Crippen LogP) is 8.10. The number of nitrogens with one attached hydrogen (secondary N) is 1. The van der Waals surface area contributed by atoms with Crippen LogP contribution in [0.2, 0.25) is 10.0 Å². The van der Waals surface area contributed by atoms with Crippen molar-refractivity contribution in [2.75, 3.05) is 0 Å². The number of amides is 1. The van der Waals surface area contributed by atoms with Crippen molar-refractivity contribution in [2.45, 2.75) is 57.9 Å². The lowest BCUT2D eigenvalue weighted by molar-refractivity contribution is 0.0939. The summed E-state index contributed by atoms with van der Waals surface area (Å²) in [5.74, 6) is -0.177. The molecule has 2 aromatic carbocycles. The number of hydrogen-bond donors (Lipinski definition) is 1. The summed E-state index contributed by atoms with van der Waals surface area (Å²) in [4.78, 5) is 14.0. The fraction of sp³-hybridized carbons (Fsp3) is 0.333. The van der Waals surface area contributed by atoms with Crippen molar-refractivity contribution >= 4 is 56.4 Å². The second-order valence-corrected chi connectivity index (χ2v) is 12.9. The van der Waals surface area contributed by atoms with Gasteiger partial charge in [-0.3, -0.25) is 4.79 Å². The second-order valence-electron chi connectivity index (χ2n) is 10.2. The first-order valence-corrected chi connectivity index (χ1v) is 14.5. The third kappa shape index (κ3) is 5.48. The van der Waals surface area contributed by atoms with Crippen molar-refractivity contribution < 1.29 is 4.79 Å². The molecule has 4 aromatic rings. The van der Waals surface area contributed by atoms with Crippen LogP contribution in [0.1, 0.15) is 61.8 Å². The minimum absolute atomic E-state index is 0.139. The fourth-order valence-corrected chi connectivity index (χ4v) is 6.08. The summed E-state index contributed by atoms with van der Waals surface area (Å²) in [6.45, 7) is 6.26. The molecule has 1 saturated carbocycles. The van der Waals surface area contributed by atoms with E-state index >= 15 is 0 Å². The number of hydrogen-bond acceptors (Lipinski definition) is 5. The lowest BCUT2D eigenvalue weighted by Crippen LogP contribution is -2.33. The van der Waals surface area contributed by atoms with Crippen molar-refractivity contribution in [1.29, 1.82) is 0 Å². The standard InChI is InChI=1S/C27H26BrCl2N5OS/c1-27(2,3)26-33-32-25(37-26)22-21(24(36)31-18-6-4-5-7-18)23(15-8-10-16(28)11-9-15)35(34-22)20-13-12-17(29)14-19(20)30/h8-14,18H,4-7H2,1-3H3,(H,31,36). The van der Waals surface area contributed by atoms with Gasteiger partial charge in [-0.2, -0.15) is 5.10 Å². The molecule has 0 aliphatic heterocycles. The summed E-state index contributed by atoms with van der Waals surface area (Å²) in [7, 11) is 0. The van der Waals surface area contributed by atoms with Crippen LogP contribution in [0.4, 0.5) is 0 Å². The van der Waals surface area contributed by atoms with Crippen LogP contribution in [-0.2, 0) is 5.41 Å². The quantitative estimate of drug-likeness (QED) is 0.245. The van der Waals surface area contributed by atoms with Gasteiger partial charge >= 0.3 is 0 Å². The Morgan fingerprint density at radius 1 is 1.08 bits per heavy atom. The molecule has 0 unspecified atom stereocenters. The van der Waals surface area contributed by atoms with Crippen LogP contribution in [-0.4, -0.2) is 31.9 Å². The van der Waals surface area contributed by atoms with E-state index in [1.54, 1.807) is 16.8 Å². The van der Waals surface area contributed by atoms with Crippen molar-refractivity contribution in [3.05, 3.63) is 67.6 Å². The highest BCUT2D eigenvalue weighted by molar-refractivity contribution is 9.10. The van der Waals surface area contributed by atoms with Crippen LogP contribution < -0.4 is 5.32 Å². The molecule has 1 aliphatic rings. The van der Waals surface area contributed by atoms with E-state index in [1.807, 2.05) is 30.3 Å². The van der Waals surface area contributed by atoms with E-state index < -0.39 is 0 Å². The van der Waals surface area contributed by atoms with Crippen molar-refractivity contribution in [3.63, 3.8) is 0 Å². The molecule has 192 valence electrons. The Kier molecular flexibility index (Phi) is 7.47. The third-order valence-corrected chi connectivity index (χ3v) is 8.75. The van der Waals surface area contributed by atoms with Gasteiger partial charge in [-0.05, 0) is 43.2 Å². The molecule has 1 amide bonds. The maximum atomic E-state index is 14.0. The topological polar surface area (TPSA) is 72.7 Å². The van der Waals surface area contributed by atoms with Crippen molar-refractivity contribution in [1.82, 2.24) is 25.3 Å². The molecule has 10 heteroatoms. The molecular weight excluding hydrogens is 593 g/mol. The van der Waals surface area contributed by atoms with E-state index in [0.717, 1.165) is 40.7 Å². The Morgan fingerprint density at radius 3 is 2.41 bits per heavy atom. The molecular formula is C27H26BrCl2N5OS. The fourth-order valence-electron chi connectivity index (χ4n) is 4.43. The summed E-state index contributed by atoms with van der Waals surface area (Å²) in [5.41, 5.74) is 2.83. The zero-order valence-electron chi connectivity index (χ0n) is 20.7. The van der Waals surface area contributed by atoms with E-state index in [2.05, 4.69) is 52.2 Å². The predicted molar refractivity (Wildman–Crippen MR) is 154 cm³/mol. The molecule has 1 aliphatic carbocycles. The Balaban J connectivity index is 1.77. The number of nitrogens with zero attached hydrogens (tertiary/aromatic N) is 4. The molecule has 0 spiro atoms. The van der Waals surface area contributed by atoms with Gasteiger partial charge in [-0.15, -0.1) is 10.2 Å². The van der Waals surface area contributed by atoms with Crippen LogP contribution in [0.3, 0.4) is 0 Å². The van der Waals surface area contributed by atoms with Crippen LogP contribution >= 0.6 is 50.5 Å². The number of benzene rings is 2. The molecule has 1 N–H and O–H groups in total. The third-order valence-electron chi connectivity index (χ3n) is 6.33. The molecule has 5 rings (SSSR count). The number of carbonyl (C=O) groups is 1. The first-order chi connectivity index (χ1) is 17.6. The van der Waals surface area contributed by atoms with Gasteiger partial charge < -0.3 is 5.32 Å². The largest absolute Gasteiger partial charge is 0.349 e. The highest BCUT2D eigenvalue weighted by Crippen LogP contribution is 2.39. The zero-order chi connectivity index (χ0) is 26.3. The van der Waals surface area contributed by atoms with Gasteiger partial charge in [-0.25, -0.2) is 4.68 Å². The molecule has 37 heavy (non-hydrogen) atoms. The van der Waals surface area contributed by atoms with E-state index in [-0.39, 0.29) is 17.4 Å². The molecule has 0 radical (unpaired) electrons. The van der Waals surface area contributed by atoms with Gasteiger partial charge in [0, 0.05) is 26.5 Å². The van der Waals surface area contributed by atoms with E-state index in [9.17, 15) is 4.79 Å². The highest BCUT2D eigenvalue weighted by atomic mass is 79.9. The van der Waals surface area contributed by atoms with Gasteiger partial charge in [0.1, 0.15) is 10.7 Å². The lowest BCUT2D eigenvalue weighted by atomic mass is 9.98. The Morgan fingerprint density at radius 2 is 1.78 bits per heavy atom. The normalized spacial score (nSPS) is 14.3. The first kappa shape index (κ1) is 26.4. The van der Waals surface area contributed by atoms with Crippen LogP contribution in [0, 0.1) is 0 Å². The van der Waals surface area contributed by atoms with E-state index in [4.69, 9.17) is 28.3 Å². The van der Waals surface area contributed by atoms with Crippen LogP contribution in [0.5, 0.6) is 0 Å². The van der Waals surface area contributed by atoms with Crippen LogP contribution in [0.25, 0.3) is 27.6 Å². The Hall–Kier alpha value is -2.26. The Bertz CT molecular complexity index is 1450. The average Bonchev–Trinajstić information content (AvgIpc) is 3.59. The number of halogens is 3. The van der Waals surface area contributed by atoms with Crippen LogP contribution in [0.15, 0.2) is 46.9 Å². The minimum atomic E-state index is -0.182. The highest BCUT2D eigenvalue weighted by Gasteiger charge is 2.32. The SMILES string of the molecule is CC(C)(C)c1nnc(-c2nn(-c3ccc(Cl)cc3Cl)c(-c3ccc(Br)cc3)c2C(=O)NC2CCCC2)s1. The van der Waals surface area contributed by atoms with Crippen molar-refractivity contribution in [2.24, 2.45) is 0 Å². The van der Waals surface area contributed by atoms with Gasteiger partial charge in [0.15, 0.2) is 5.01 Å². The minimum Gasteiger partial charge on any atom is -0.349 e. The summed E-state index contributed by atoms with van der Waals surface area (Å²) >= 11 is 17.8. The first-order valence-electron chi connectivity index (χ1n) is 12.1. The summed E-state index contributed by atoms with van der Waals surface area (Å²) < 4.78 is 2.65. The maximum absolute atomic E-state index is 14.0. The molecule has 2 aromatic heterocycles. The maximum Gasteiger partial charge on any atom is 0.256 e. The number of carbonyl (C=O) groups excluding carboxylic acids is 1. The molecule has 6 nitrogen and oxygen atoms in total. The lowest BCUT2D eigenvalue weighted by Gasteiger charge is -2.15. The van der Waals surface area contributed by atoms with E-state index in [1.165, 1.54) is 11.3 Å². The zero-order valence-corrected chi connectivity index (χ0v) is 24.6. The van der Waals surface area contributed by atoms with Gasteiger partial charge in [-0.1, -0.05) is 96.2 Å². The Labute approximate surface area is 238 Å². The summed E-state index contributed by atoms with van der Waals surface area (Å²) in [6.07, 6.45) is 4.17. The molecule has 0 bridgehead atoms. The van der Waals surface area contributed by atoms with Gasteiger partial charge in [0.2, 0.25) is 0 Å². The van der Waals surface area contributed by atoms with Gasteiger partial charge in [0.25, 0.3) is 5.91 Å². The monoisotopic (exact) mass is 617 g/mol.